The van der Waals surface area contributed by atoms with Crippen LogP contribution in [-0.2, 0) is 0 Å². The van der Waals surface area contributed by atoms with E-state index < -0.39 is 0 Å². The zero-order chi connectivity index (χ0) is 14.6. The SMILES string of the molecule is CC(C)O.CCCCCCCCO.CCCCO. The highest BCUT2D eigenvalue weighted by Crippen LogP contribution is 2.03. The van der Waals surface area contributed by atoms with Crippen molar-refractivity contribution >= 4 is 0 Å². The molecule has 3 heteroatoms. The first kappa shape index (κ1) is 23.0. The summed E-state index contributed by atoms with van der Waals surface area (Å²) in [4.78, 5) is 0. The number of unbranched alkanes of at least 4 members (excludes halogenated alkanes) is 6. The Kier molecular flexibility index (Phi) is 32.8. The van der Waals surface area contributed by atoms with Crippen LogP contribution in [0.3, 0.4) is 0 Å². The zero-order valence-corrected chi connectivity index (χ0v) is 13.0. The van der Waals surface area contributed by atoms with Crippen LogP contribution in [0.5, 0.6) is 0 Å². The standard InChI is InChI=1S/C8H18O.C4H10O.C3H8O/c1-2-3-4-5-6-7-8-9;1-2-3-4-5;1-3(2)4/h9H,2-8H2,1H3;5H,2-4H2,1H3;3-4H,1-2H3. The maximum Gasteiger partial charge on any atom is 0.0483 e. The van der Waals surface area contributed by atoms with Crippen LogP contribution in [-0.4, -0.2) is 34.6 Å². The third-order valence-electron chi connectivity index (χ3n) is 2.02. The van der Waals surface area contributed by atoms with Gasteiger partial charge < -0.3 is 15.3 Å². The molecule has 0 aliphatic heterocycles. The van der Waals surface area contributed by atoms with Gasteiger partial charge in [0.25, 0.3) is 0 Å². The van der Waals surface area contributed by atoms with E-state index in [0.29, 0.717) is 13.2 Å². The van der Waals surface area contributed by atoms with E-state index in [2.05, 4.69) is 13.8 Å². The fourth-order valence-corrected chi connectivity index (χ4v) is 1.05. The zero-order valence-electron chi connectivity index (χ0n) is 13.0. The second kappa shape index (κ2) is 25.7. The lowest BCUT2D eigenvalue weighted by molar-refractivity contribution is 0.216. The predicted octanol–water partition coefficient (Wildman–Crippen LogP) is 3.51. The van der Waals surface area contributed by atoms with E-state index in [0.717, 1.165) is 19.3 Å². The highest BCUT2D eigenvalue weighted by atomic mass is 16.3. The highest BCUT2D eigenvalue weighted by Gasteiger charge is 1.86. The van der Waals surface area contributed by atoms with E-state index in [1.165, 1.54) is 32.1 Å². The van der Waals surface area contributed by atoms with Gasteiger partial charge in [0.15, 0.2) is 0 Å². The van der Waals surface area contributed by atoms with Crippen molar-refractivity contribution in [3.8, 4) is 0 Å². The van der Waals surface area contributed by atoms with E-state index in [-0.39, 0.29) is 6.10 Å². The molecule has 3 nitrogen and oxygen atoms in total. The van der Waals surface area contributed by atoms with Crippen LogP contribution in [0.15, 0.2) is 0 Å². The first-order valence-electron chi connectivity index (χ1n) is 7.46. The summed E-state index contributed by atoms with van der Waals surface area (Å²) in [6.07, 6.45) is 9.37. The van der Waals surface area contributed by atoms with Gasteiger partial charge in [0.2, 0.25) is 0 Å². The number of aliphatic hydroxyl groups is 3. The van der Waals surface area contributed by atoms with Gasteiger partial charge in [-0.1, -0.05) is 52.4 Å². The largest absolute Gasteiger partial charge is 0.396 e. The smallest absolute Gasteiger partial charge is 0.0483 e. The molecule has 18 heavy (non-hydrogen) atoms. The van der Waals surface area contributed by atoms with Gasteiger partial charge in [-0.25, -0.2) is 0 Å². The maximum atomic E-state index is 8.42. The molecule has 0 heterocycles. The molecular formula is C15H36O3. The van der Waals surface area contributed by atoms with Crippen molar-refractivity contribution in [2.75, 3.05) is 13.2 Å². The Balaban J connectivity index is -0.000000212. The lowest BCUT2D eigenvalue weighted by Gasteiger charge is -1.95. The molecule has 0 spiro atoms. The van der Waals surface area contributed by atoms with Gasteiger partial charge in [0, 0.05) is 19.3 Å². The molecule has 0 aromatic heterocycles. The summed E-state index contributed by atoms with van der Waals surface area (Å²) >= 11 is 0. The molecule has 3 N–H and O–H groups in total. The third kappa shape index (κ3) is 56.6. The summed E-state index contributed by atoms with van der Waals surface area (Å²) in [5.41, 5.74) is 0. The van der Waals surface area contributed by atoms with E-state index in [4.69, 9.17) is 15.3 Å². The molecule has 0 rings (SSSR count). The Bertz CT molecular complexity index is 95.2. The lowest BCUT2D eigenvalue weighted by Crippen LogP contribution is -1.85. The number of rotatable bonds is 8. The second-order valence-electron chi connectivity index (χ2n) is 4.66. The topological polar surface area (TPSA) is 60.7 Å². The first-order valence-corrected chi connectivity index (χ1v) is 7.46. The minimum atomic E-state index is -0.167. The monoisotopic (exact) mass is 264 g/mol. The molecule has 0 aliphatic rings. The van der Waals surface area contributed by atoms with Crippen molar-refractivity contribution in [1.82, 2.24) is 0 Å². The van der Waals surface area contributed by atoms with Gasteiger partial charge in [0.05, 0.1) is 0 Å². The molecule has 0 aromatic carbocycles. The molecule has 0 saturated carbocycles. The van der Waals surface area contributed by atoms with Crippen molar-refractivity contribution in [2.45, 2.75) is 85.2 Å². The number of hydrogen-bond donors (Lipinski definition) is 3. The Morgan fingerprint density at radius 3 is 1.28 bits per heavy atom. The quantitative estimate of drug-likeness (QED) is 0.588. The van der Waals surface area contributed by atoms with E-state index in [9.17, 15) is 0 Å². The van der Waals surface area contributed by atoms with Crippen molar-refractivity contribution in [2.24, 2.45) is 0 Å². The van der Waals surface area contributed by atoms with Gasteiger partial charge in [-0.3, -0.25) is 0 Å². The molecule has 0 saturated heterocycles. The molecule has 0 unspecified atom stereocenters. The van der Waals surface area contributed by atoms with Crippen LogP contribution in [0, 0.1) is 0 Å². The van der Waals surface area contributed by atoms with Gasteiger partial charge in [0.1, 0.15) is 0 Å². The summed E-state index contributed by atoms with van der Waals surface area (Å²) in [7, 11) is 0. The predicted molar refractivity (Wildman–Crippen MR) is 79.8 cm³/mol. The Morgan fingerprint density at radius 1 is 0.667 bits per heavy atom. The van der Waals surface area contributed by atoms with Crippen molar-refractivity contribution < 1.29 is 15.3 Å². The van der Waals surface area contributed by atoms with E-state index in [1.54, 1.807) is 13.8 Å². The summed E-state index contributed by atoms with van der Waals surface area (Å²) in [6, 6.07) is 0. The normalized spacial score (nSPS) is 9.33. The molecule has 0 fully saturated rings. The Labute approximate surface area is 114 Å². The summed E-state index contributed by atoms with van der Waals surface area (Å²) in [6.45, 7) is 8.42. The van der Waals surface area contributed by atoms with Crippen LogP contribution in [0.25, 0.3) is 0 Å². The van der Waals surface area contributed by atoms with Gasteiger partial charge in [-0.15, -0.1) is 0 Å². The van der Waals surface area contributed by atoms with Crippen LogP contribution >= 0.6 is 0 Å². The number of aliphatic hydroxyl groups excluding tert-OH is 3. The van der Waals surface area contributed by atoms with Crippen molar-refractivity contribution in [3.05, 3.63) is 0 Å². The number of hydrogen-bond acceptors (Lipinski definition) is 3. The van der Waals surface area contributed by atoms with Crippen LogP contribution in [0.4, 0.5) is 0 Å². The summed E-state index contributed by atoms with van der Waals surface area (Å²) in [5, 5.41) is 24.5. The van der Waals surface area contributed by atoms with Gasteiger partial charge in [-0.05, 0) is 26.7 Å². The van der Waals surface area contributed by atoms with Crippen molar-refractivity contribution in [1.29, 1.82) is 0 Å². The first-order chi connectivity index (χ1) is 8.56. The van der Waals surface area contributed by atoms with Crippen LogP contribution < -0.4 is 0 Å². The van der Waals surface area contributed by atoms with Crippen molar-refractivity contribution in [3.63, 3.8) is 0 Å². The minimum absolute atomic E-state index is 0.167. The van der Waals surface area contributed by atoms with E-state index >= 15 is 0 Å². The average molecular weight is 264 g/mol. The van der Waals surface area contributed by atoms with Gasteiger partial charge in [-0.2, -0.15) is 0 Å². The molecule has 0 radical (unpaired) electrons. The Hall–Kier alpha value is -0.120. The molecule has 0 bridgehead atoms. The van der Waals surface area contributed by atoms with Crippen LogP contribution in [0.1, 0.15) is 79.1 Å². The lowest BCUT2D eigenvalue weighted by atomic mass is 10.1. The average Bonchev–Trinajstić information content (AvgIpc) is 2.30. The molecular weight excluding hydrogens is 228 g/mol. The molecule has 0 amide bonds. The fourth-order valence-electron chi connectivity index (χ4n) is 1.05. The third-order valence-corrected chi connectivity index (χ3v) is 2.02. The van der Waals surface area contributed by atoms with Crippen LogP contribution in [0.2, 0.25) is 0 Å². The van der Waals surface area contributed by atoms with Gasteiger partial charge >= 0.3 is 0 Å². The molecule has 0 aromatic rings. The Morgan fingerprint density at radius 2 is 1.00 bits per heavy atom. The summed E-state index contributed by atoms with van der Waals surface area (Å²) < 4.78 is 0. The molecule has 114 valence electrons. The fraction of sp³-hybridized carbons (Fsp3) is 1.00. The van der Waals surface area contributed by atoms with E-state index in [1.807, 2.05) is 0 Å². The molecule has 0 aliphatic carbocycles. The summed E-state index contributed by atoms with van der Waals surface area (Å²) in [5.74, 6) is 0. The molecule has 0 atom stereocenters. The highest BCUT2D eigenvalue weighted by molar-refractivity contribution is 4.41. The second-order valence-corrected chi connectivity index (χ2v) is 4.66. The minimum Gasteiger partial charge on any atom is -0.396 e. The maximum absolute atomic E-state index is 8.42.